The van der Waals surface area contributed by atoms with Gasteiger partial charge in [-0.3, -0.25) is 4.68 Å². The molecule has 2 rings (SSSR count). The van der Waals surface area contributed by atoms with E-state index in [0.29, 0.717) is 6.42 Å². The predicted octanol–water partition coefficient (Wildman–Crippen LogP) is 0.549. The summed E-state index contributed by atoms with van der Waals surface area (Å²) in [6, 6.07) is 9.64. The summed E-state index contributed by atoms with van der Waals surface area (Å²) in [5.41, 5.74) is 2.86. The van der Waals surface area contributed by atoms with Gasteiger partial charge >= 0.3 is 0 Å². The average molecular weight is 262 g/mol. The normalized spacial score (nSPS) is 12.9. The van der Waals surface area contributed by atoms with Crippen LogP contribution >= 0.6 is 0 Å². The second-order valence-electron chi connectivity index (χ2n) is 4.63. The number of aliphatic hydroxyl groups excluding tert-OH is 2. The van der Waals surface area contributed by atoms with Gasteiger partial charge in [0.15, 0.2) is 6.29 Å². The zero-order valence-corrected chi connectivity index (χ0v) is 10.8. The minimum atomic E-state index is -1.50. The fourth-order valence-electron chi connectivity index (χ4n) is 1.95. The van der Waals surface area contributed by atoms with Gasteiger partial charge in [-0.15, -0.1) is 0 Å². The van der Waals surface area contributed by atoms with Crippen LogP contribution in [0.1, 0.15) is 5.56 Å². The van der Waals surface area contributed by atoms with Gasteiger partial charge in [-0.25, -0.2) is 0 Å². The molecule has 0 saturated carbocycles. The van der Waals surface area contributed by atoms with Crippen molar-refractivity contribution in [2.75, 3.05) is 6.61 Å². The first-order valence-corrected chi connectivity index (χ1v) is 6.16. The highest BCUT2D eigenvalue weighted by Gasteiger charge is 2.16. The molecule has 0 bridgehead atoms. The van der Waals surface area contributed by atoms with Crippen molar-refractivity contribution in [3.63, 3.8) is 0 Å². The highest BCUT2D eigenvalue weighted by atomic mass is 16.5. The number of hydrogen-bond donors (Lipinski definition) is 3. The number of rotatable bonds is 5. The number of aliphatic hydroxyl groups is 3. The van der Waals surface area contributed by atoms with Crippen molar-refractivity contribution in [1.29, 1.82) is 0 Å². The smallest absolute Gasteiger partial charge is 0.156 e. The van der Waals surface area contributed by atoms with Gasteiger partial charge in [-0.05, 0) is 18.1 Å². The quantitative estimate of drug-likeness (QED) is 0.688. The standard InChI is InChI=1S/C14H18N2O3/c1-16-7-6-13(15-16)11-4-2-10(3-5-11)8-12(9-17)14(18)19/h2-7,12,14,17-19H,8-9H2,1H3/t12-/m0/s1. The van der Waals surface area contributed by atoms with Crippen LogP contribution in [0.3, 0.4) is 0 Å². The SMILES string of the molecule is Cn1ccc(-c2ccc(C[C@@H](CO)C(O)O)cc2)n1. The largest absolute Gasteiger partial charge is 0.396 e. The maximum absolute atomic E-state index is 9.09. The molecule has 1 aromatic heterocycles. The minimum absolute atomic E-state index is 0.250. The zero-order valence-electron chi connectivity index (χ0n) is 10.8. The summed E-state index contributed by atoms with van der Waals surface area (Å²) < 4.78 is 1.74. The van der Waals surface area contributed by atoms with Crippen LogP contribution in [-0.4, -0.2) is 38.0 Å². The molecule has 0 aliphatic rings. The number of hydrogen-bond acceptors (Lipinski definition) is 4. The molecule has 0 saturated heterocycles. The van der Waals surface area contributed by atoms with Crippen LogP contribution in [0.25, 0.3) is 11.3 Å². The fraction of sp³-hybridized carbons (Fsp3) is 0.357. The molecule has 3 N–H and O–H groups in total. The van der Waals surface area contributed by atoms with E-state index in [0.717, 1.165) is 16.8 Å². The summed E-state index contributed by atoms with van der Waals surface area (Å²) in [7, 11) is 1.87. The van der Waals surface area contributed by atoms with Crippen LogP contribution in [0.2, 0.25) is 0 Å². The molecule has 1 atom stereocenters. The van der Waals surface area contributed by atoms with E-state index in [-0.39, 0.29) is 6.61 Å². The Labute approximate surface area is 111 Å². The Hall–Kier alpha value is -1.69. The first-order chi connectivity index (χ1) is 9.10. The van der Waals surface area contributed by atoms with Crippen LogP contribution in [0.5, 0.6) is 0 Å². The van der Waals surface area contributed by atoms with Gasteiger partial charge in [-0.2, -0.15) is 5.10 Å². The van der Waals surface area contributed by atoms with Crippen molar-refractivity contribution >= 4 is 0 Å². The van der Waals surface area contributed by atoms with E-state index in [4.69, 9.17) is 15.3 Å². The first kappa shape index (κ1) is 13.7. The molecule has 0 aliphatic heterocycles. The summed E-state index contributed by atoms with van der Waals surface area (Å²) in [5, 5.41) is 31.6. The second-order valence-corrected chi connectivity index (χ2v) is 4.63. The highest BCUT2D eigenvalue weighted by Crippen LogP contribution is 2.19. The van der Waals surface area contributed by atoms with Crippen LogP contribution in [0.4, 0.5) is 0 Å². The molecular formula is C14H18N2O3. The van der Waals surface area contributed by atoms with Crippen LogP contribution in [-0.2, 0) is 13.5 Å². The average Bonchev–Trinajstić information content (AvgIpc) is 2.83. The van der Waals surface area contributed by atoms with Crippen molar-refractivity contribution in [3.8, 4) is 11.3 Å². The van der Waals surface area contributed by atoms with Crippen molar-refractivity contribution in [2.45, 2.75) is 12.7 Å². The van der Waals surface area contributed by atoms with Gasteiger partial charge in [-0.1, -0.05) is 24.3 Å². The van der Waals surface area contributed by atoms with Crippen LogP contribution < -0.4 is 0 Å². The lowest BCUT2D eigenvalue weighted by atomic mass is 9.98. The third-order valence-corrected chi connectivity index (χ3v) is 3.12. The summed E-state index contributed by atoms with van der Waals surface area (Å²) >= 11 is 0. The molecule has 0 spiro atoms. The molecule has 0 unspecified atom stereocenters. The molecule has 5 heteroatoms. The van der Waals surface area contributed by atoms with E-state index < -0.39 is 12.2 Å². The lowest BCUT2D eigenvalue weighted by Crippen LogP contribution is -2.25. The Morgan fingerprint density at radius 3 is 2.32 bits per heavy atom. The van der Waals surface area contributed by atoms with Gasteiger partial charge < -0.3 is 15.3 Å². The van der Waals surface area contributed by atoms with E-state index in [2.05, 4.69) is 5.10 Å². The molecule has 0 aliphatic carbocycles. The Morgan fingerprint density at radius 2 is 1.84 bits per heavy atom. The molecule has 1 heterocycles. The van der Waals surface area contributed by atoms with Crippen molar-refractivity contribution in [2.24, 2.45) is 13.0 Å². The van der Waals surface area contributed by atoms with E-state index in [1.807, 2.05) is 43.6 Å². The molecule has 5 nitrogen and oxygen atoms in total. The third-order valence-electron chi connectivity index (χ3n) is 3.12. The lowest BCUT2D eigenvalue weighted by Gasteiger charge is -2.16. The van der Waals surface area contributed by atoms with Gasteiger partial charge in [0.1, 0.15) is 0 Å². The van der Waals surface area contributed by atoms with Crippen LogP contribution in [0.15, 0.2) is 36.5 Å². The summed E-state index contributed by atoms with van der Waals surface area (Å²) in [6.45, 7) is -0.250. The Morgan fingerprint density at radius 1 is 1.16 bits per heavy atom. The number of aromatic nitrogens is 2. The van der Waals surface area contributed by atoms with Crippen molar-refractivity contribution in [3.05, 3.63) is 42.1 Å². The minimum Gasteiger partial charge on any atom is -0.396 e. The second kappa shape index (κ2) is 5.97. The van der Waals surface area contributed by atoms with Gasteiger partial charge in [0.25, 0.3) is 0 Å². The monoisotopic (exact) mass is 262 g/mol. The topological polar surface area (TPSA) is 78.5 Å². The van der Waals surface area contributed by atoms with E-state index >= 15 is 0 Å². The molecule has 0 amide bonds. The Balaban J connectivity index is 2.10. The molecule has 19 heavy (non-hydrogen) atoms. The van der Waals surface area contributed by atoms with Gasteiger partial charge in [0, 0.05) is 24.7 Å². The molecule has 0 radical (unpaired) electrons. The van der Waals surface area contributed by atoms with Crippen molar-refractivity contribution in [1.82, 2.24) is 9.78 Å². The molecule has 0 fully saturated rings. The van der Waals surface area contributed by atoms with E-state index in [1.54, 1.807) is 4.68 Å². The molecule has 102 valence electrons. The van der Waals surface area contributed by atoms with Crippen LogP contribution in [0, 0.1) is 5.92 Å². The van der Waals surface area contributed by atoms with Gasteiger partial charge in [0.2, 0.25) is 0 Å². The highest BCUT2D eigenvalue weighted by molar-refractivity contribution is 5.58. The summed E-state index contributed by atoms with van der Waals surface area (Å²) in [5.74, 6) is -0.555. The fourth-order valence-corrected chi connectivity index (χ4v) is 1.95. The van der Waals surface area contributed by atoms with E-state index in [9.17, 15) is 0 Å². The molecular weight excluding hydrogens is 244 g/mol. The Bertz CT molecular complexity index is 520. The van der Waals surface area contributed by atoms with Crippen molar-refractivity contribution < 1.29 is 15.3 Å². The zero-order chi connectivity index (χ0) is 13.8. The summed E-state index contributed by atoms with van der Waals surface area (Å²) in [6.07, 6.45) is 0.810. The lowest BCUT2D eigenvalue weighted by molar-refractivity contribution is -0.0959. The molecule has 1 aromatic carbocycles. The molecule has 2 aromatic rings. The Kier molecular flexibility index (Phi) is 4.31. The third kappa shape index (κ3) is 3.41. The predicted molar refractivity (Wildman–Crippen MR) is 71.1 cm³/mol. The van der Waals surface area contributed by atoms with Gasteiger partial charge in [0.05, 0.1) is 12.3 Å². The maximum Gasteiger partial charge on any atom is 0.156 e. The number of aryl methyl sites for hydroxylation is 1. The van der Waals surface area contributed by atoms with E-state index in [1.165, 1.54) is 0 Å². The number of nitrogens with zero attached hydrogens (tertiary/aromatic N) is 2. The first-order valence-electron chi connectivity index (χ1n) is 6.16. The summed E-state index contributed by atoms with van der Waals surface area (Å²) in [4.78, 5) is 0. The maximum atomic E-state index is 9.09. The number of benzene rings is 1.